The smallest absolute Gasteiger partial charge is 0.104 e. The van der Waals surface area contributed by atoms with E-state index in [2.05, 4.69) is 14.0 Å². The minimum atomic E-state index is 0.483. The maximum Gasteiger partial charge on any atom is 0.104 e. The number of rotatable bonds is 3. The largest absolute Gasteiger partial charge is 0.466 e. The summed E-state index contributed by atoms with van der Waals surface area (Å²) in [6, 6.07) is 0. The Balaban J connectivity index is 2.12. The van der Waals surface area contributed by atoms with Crippen LogP contribution in [-0.4, -0.2) is 25.8 Å². The molecule has 0 aliphatic carbocycles. The van der Waals surface area contributed by atoms with E-state index in [1.165, 1.54) is 24.3 Å². The monoisotopic (exact) mass is 157 g/mol. The van der Waals surface area contributed by atoms with Crippen molar-refractivity contribution in [2.75, 3.05) is 19.7 Å². The van der Waals surface area contributed by atoms with Gasteiger partial charge in [-0.25, -0.2) is 0 Å². The second kappa shape index (κ2) is 4.73. The standard InChI is InChI=1S/C9H19NO/c1-3-7-11-9-5-4-6-10(2)8-9/h9-10H,2-8H2,1H3/t9-/m1/s1. The molecule has 2 atom stereocenters. The molecule has 0 aromatic heterocycles. The van der Waals surface area contributed by atoms with Gasteiger partial charge in [0, 0.05) is 6.61 Å². The van der Waals surface area contributed by atoms with Crippen molar-refractivity contribution in [1.82, 2.24) is 0 Å². The highest BCUT2D eigenvalue weighted by molar-refractivity contribution is 4.60. The molecule has 66 valence electrons. The third-order valence-electron chi connectivity index (χ3n) is 2.13. The van der Waals surface area contributed by atoms with Crippen molar-refractivity contribution in [3.05, 3.63) is 7.05 Å². The first-order chi connectivity index (χ1) is 5.33. The molecule has 1 saturated heterocycles. The van der Waals surface area contributed by atoms with Crippen LogP contribution in [0.4, 0.5) is 0 Å². The molecule has 11 heavy (non-hydrogen) atoms. The zero-order chi connectivity index (χ0) is 8.10. The summed E-state index contributed by atoms with van der Waals surface area (Å²) in [4.78, 5) is 1.37. The molecule has 1 aliphatic heterocycles. The first kappa shape index (κ1) is 9.01. The molecule has 1 aliphatic rings. The lowest BCUT2D eigenvalue weighted by Gasteiger charge is -2.31. The average molecular weight is 157 g/mol. The number of quaternary nitrogens is 1. The van der Waals surface area contributed by atoms with Crippen LogP contribution in [0.3, 0.4) is 0 Å². The second-order valence-electron chi connectivity index (χ2n) is 3.34. The number of ether oxygens (including phenoxy) is 1. The zero-order valence-corrected chi connectivity index (χ0v) is 7.44. The molecule has 1 unspecified atom stereocenters. The fraction of sp³-hybridized carbons (Fsp3) is 0.889. The van der Waals surface area contributed by atoms with E-state index < -0.39 is 0 Å². The van der Waals surface area contributed by atoms with Gasteiger partial charge in [-0.05, 0) is 19.3 Å². The van der Waals surface area contributed by atoms with E-state index in [-0.39, 0.29) is 0 Å². The summed E-state index contributed by atoms with van der Waals surface area (Å²) in [5.74, 6) is 0. The topological polar surface area (TPSA) is 13.7 Å². The van der Waals surface area contributed by atoms with Crippen LogP contribution in [0.15, 0.2) is 0 Å². The van der Waals surface area contributed by atoms with E-state index in [9.17, 15) is 0 Å². The van der Waals surface area contributed by atoms with Crippen LogP contribution in [0.2, 0.25) is 0 Å². The van der Waals surface area contributed by atoms with Crippen LogP contribution in [0, 0.1) is 7.05 Å². The first-order valence-electron chi connectivity index (χ1n) is 4.61. The van der Waals surface area contributed by atoms with Crippen molar-refractivity contribution in [2.45, 2.75) is 32.3 Å². The third kappa shape index (κ3) is 3.21. The van der Waals surface area contributed by atoms with Gasteiger partial charge in [0.15, 0.2) is 0 Å². The van der Waals surface area contributed by atoms with Crippen molar-refractivity contribution >= 4 is 0 Å². The summed E-state index contributed by atoms with van der Waals surface area (Å²) >= 11 is 0. The van der Waals surface area contributed by atoms with Gasteiger partial charge in [-0.1, -0.05) is 6.92 Å². The van der Waals surface area contributed by atoms with Gasteiger partial charge in [-0.15, -0.1) is 0 Å². The molecule has 1 fully saturated rings. The van der Waals surface area contributed by atoms with Crippen LogP contribution in [0.5, 0.6) is 0 Å². The molecular formula is C9H19NO. The molecule has 2 heteroatoms. The van der Waals surface area contributed by atoms with E-state index in [1.54, 1.807) is 0 Å². The second-order valence-corrected chi connectivity index (χ2v) is 3.34. The van der Waals surface area contributed by atoms with E-state index in [0.717, 1.165) is 19.6 Å². The van der Waals surface area contributed by atoms with Crippen LogP contribution >= 0.6 is 0 Å². The van der Waals surface area contributed by atoms with Gasteiger partial charge in [0.1, 0.15) is 6.10 Å². The quantitative estimate of drug-likeness (QED) is 0.580. The van der Waals surface area contributed by atoms with Crippen LogP contribution < -0.4 is 4.90 Å². The Bertz CT molecular complexity index is 106. The molecule has 0 aromatic carbocycles. The number of hydrogen-bond donors (Lipinski definition) is 1. The van der Waals surface area contributed by atoms with Crippen molar-refractivity contribution in [3.63, 3.8) is 0 Å². The van der Waals surface area contributed by atoms with Gasteiger partial charge < -0.3 is 9.64 Å². The highest BCUT2D eigenvalue weighted by Gasteiger charge is 2.17. The summed E-state index contributed by atoms with van der Waals surface area (Å²) in [5, 5.41) is 0. The van der Waals surface area contributed by atoms with Gasteiger partial charge in [0.05, 0.1) is 13.1 Å². The Morgan fingerprint density at radius 1 is 1.64 bits per heavy atom. The molecule has 0 bridgehead atoms. The van der Waals surface area contributed by atoms with Gasteiger partial charge in [-0.2, -0.15) is 7.05 Å². The number of piperidine rings is 1. The van der Waals surface area contributed by atoms with E-state index in [0.29, 0.717) is 6.10 Å². The summed E-state index contributed by atoms with van der Waals surface area (Å²) < 4.78 is 5.64. The summed E-state index contributed by atoms with van der Waals surface area (Å²) in [7, 11) is 3.99. The predicted octanol–water partition coefficient (Wildman–Crippen LogP) is 0.252. The highest BCUT2D eigenvalue weighted by atomic mass is 16.5. The lowest BCUT2D eigenvalue weighted by Crippen LogP contribution is -3.09. The molecule has 1 heterocycles. The highest BCUT2D eigenvalue weighted by Crippen LogP contribution is 2.03. The molecule has 1 N–H and O–H groups in total. The Morgan fingerprint density at radius 3 is 3.09 bits per heavy atom. The fourth-order valence-corrected chi connectivity index (χ4v) is 1.53. The zero-order valence-electron chi connectivity index (χ0n) is 7.44. The molecule has 2 nitrogen and oxygen atoms in total. The van der Waals surface area contributed by atoms with Crippen molar-refractivity contribution < 1.29 is 9.64 Å². The minimum absolute atomic E-state index is 0.483. The normalized spacial score (nSPS) is 32.2. The number of likely N-dealkylation sites (tertiary alicyclic amines) is 1. The molecule has 0 radical (unpaired) electrons. The van der Waals surface area contributed by atoms with Crippen LogP contribution in [0.25, 0.3) is 0 Å². The third-order valence-corrected chi connectivity index (χ3v) is 2.13. The SMILES string of the molecule is [CH2-][NH+]1CCC[C@@H](OCCC)C1. The lowest BCUT2D eigenvalue weighted by molar-refractivity contribution is -0.863. The van der Waals surface area contributed by atoms with E-state index in [4.69, 9.17) is 4.74 Å². The first-order valence-corrected chi connectivity index (χ1v) is 4.61. The van der Waals surface area contributed by atoms with E-state index in [1.807, 2.05) is 0 Å². The lowest BCUT2D eigenvalue weighted by atomic mass is 10.1. The van der Waals surface area contributed by atoms with Gasteiger partial charge in [0.2, 0.25) is 0 Å². The summed E-state index contributed by atoms with van der Waals surface area (Å²) in [5.41, 5.74) is 0. The molecule has 0 amide bonds. The van der Waals surface area contributed by atoms with Crippen LogP contribution in [-0.2, 0) is 4.74 Å². The molecule has 1 rings (SSSR count). The van der Waals surface area contributed by atoms with Gasteiger partial charge >= 0.3 is 0 Å². The maximum atomic E-state index is 5.64. The van der Waals surface area contributed by atoms with Crippen molar-refractivity contribution in [2.24, 2.45) is 0 Å². The summed E-state index contributed by atoms with van der Waals surface area (Å²) in [6.07, 6.45) is 4.12. The minimum Gasteiger partial charge on any atom is -0.466 e. The molecule has 0 aromatic rings. The average Bonchev–Trinajstić information content (AvgIpc) is 2.01. The fourth-order valence-electron chi connectivity index (χ4n) is 1.53. The molecular weight excluding hydrogens is 138 g/mol. The Hall–Kier alpha value is -0.0800. The van der Waals surface area contributed by atoms with Crippen molar-refractivity contribution in [1.29, 1.82) is 0 Å². The molecule has 0 saturated carbocycles. The Labute approximate surface area is 69.5 Å². The van der Waals surface area contributed by atoms with E-state index >= 15 is 0 Å². The number of hydrogen-bond acceptors (Lipinski definition) is 1. The van der Waals surface area contributed by atoms with Crippen molar-refractivity contribution in [3.8, 4) is 0 Å². The van der Waals surface area contributed by atoms with Gasteiger partial charge in [0.25, 0.3) is 0 Å². The Kier molecular flexibility index (Phi) is 3.87. The Morgan fingerprint density at radius 2 is 2.45 bits per heavy atom. The van der Waals surface area contributed by atoms with Crippen LogP contribution in [0.1, 0.15) is 26.2 Å². The molecule has 0 spiro atoms. The summed E-state index contributed by atoms with van der Waals surface area (Å²) in [6.45, 7) is 5.38. The predicted molar refractivity (Wildman–Crippen MR) is 45.3 cm³/mol. The maximum absolute atomic E-state index is 5.64. The van der Waals surface area contributed by atoms with Gasteiger partial charge in [-0.3, -0.25) is 0 Å². The number of nitrogens with one attached hydrogen (secondary N) is 1.